The van der Waals surface area contributed by atoms with E-state index in [1.54, 1.807) is 0 Å². The van der Waals surface area contributed by atoms with Crippen LogP contribution in [-0.4, -0.2) is 6.54 Å². The molecule has 0 spiro atoms. The number of anilines is 2. The fourth-order valence-corrected chi connectivity index (χ4v) is 2.83. The fourth-order valence-electron chi connectivity index (χ4n) is 2.83. The monoisotopic (exact) mass is 295 g/mol. The van der Waals surface area contributed by atoms with E-state index >= 15 is 0 Å². The van der Waals surface area contributed by atoms with E-state index in [4.69, 9.17) is 0 Å². The Balaban J connectivity index is 2.48. The van der Waals surface area contributed by atoms with Crippen LogP contribution >= 0.6 is 0 Å². The van der Waals surface area contributed by atoms with Crippen molar-refractivity contribution in [3.05, 3.63) is 58.7 Å². The highest BCUT2D eigenvalue weighted by Crippen LogP contribution is 2.29. The summed E-state index contributed by atoms with van der Waals surface area (Å²) in [5.74, 6) is 0. The molecule has 0 saturated heterocycles. The van der Waals surface area contributed by atoms with Crippen molar-refractivity contribution in [2.24, 2.45) is 0 Å². The van der Waals surface area contributed by atoms with Crippen LogP contribution in [0.15, 0.2) is 36.4 Å². The van der Waals surface area contributed by atoms with Crippen molar-refractivity contribution in [1.29, 1.82) is 0 Å². The minimum atomic E-state index is 1.05. The number of benzene rings is 2. The number of aryl methyl sites for hydroxylation is 4. The Bertz CT molecular complexity index is 606. The van der Waals surface area contributed by atoms with Gasteiger partial charge in [0, 0.05) is 17.9 Å². The van der Waals surface area contributed by atoms with Crippen molar-refractivity contribution >= 4 is 11.4 Å². The van der Waals surface area contributed by atoms with Crippen LogP contribution in [0.3, 0.4) is 0 Å². The SMILES string of the molecule is CCCN(c1cc(CC)cc(CC)c1)c1ccc(C)c(C)c1. The van der Waals surface area contributed by atoms with Gasteiger partial charge in [0.15, 0.2) is 0 Å². The van der Waals surface area contributed by atoms with E-state index < -0.39 is 0 Å². The van der Waals surface area contributed by atoms with E-state index in [1.165, 1.54) is 33.6 Å². The zero-order valence-electron chi connectivity index (χ0n) is 14.7. The van der Waals surface area contributed by atoms with Crippen molar-refractivity contribution < 1.29 is 0 Å². The van der Waals surface area contributed by atoms with Crippen molar-refractivity contribution in [1.82, 2.24) is 0 Å². The number of rotatable bonds is 6. The van der Waals surface area contributed by atoms with Gasteiger partial charge in [0.25, 0.3) is 0 Å². The van der Waals surface area contributed by atoms with Crippen LogP contribution in [0, 0.1) is 13.8 Å². The molecule has 1 nitrogen and oxygen atoms in total. The van der Waals surface area contributed by atoms with E-state index in [-0.39, 0.29) is 0 Å². The molecule has 0 unspecified atom stereocenters. The molecular weight excluding hydrogens is 266 g/mol. The first-order chi connectivity index (χ1) is 10.6. The molecule has 0 radical (unpaired) electrons. The summed E-state index contributed by atoms with van der Waals surface area (Å²) in [6, 6.07) is 13.8. The number of hydrogen-bond donors (Lipinski definition) is 0. The van der Waals surface area contributed by atoms with Gasteiger partial charge in [-0.3, -0.25) is 0 Å². The minimum Gasteiger partial charge on any atom is -0.341 e. The molecule has 0 N–H and O–H groups in total. The van der Waals surface area contributed by atoms with Gasteiger partial charge >= 0.3 is 0 Å². The third-order valence-corrected chi connectivity index (χ3v) is 4.41. The Morgan fingerprint density at radius 1 is 0.727 bits per heavy atom. The van der Waals surface area contributed by atoms with Crippen LogP contribution < -0.4 is 4.90 Å². The van der Waals surface area contributed by atoms with Gasteiger partial charge in [-0.05, 0) is 79.6 Å². The largest absolute Gasteiger partial charge is 0.341 e. The topological polar surface area (TPSA) is 3.24 Å². The molecule has 1 heteroatoms. The molecule has 22 heavy (non-hydrogen) atoms. The Morgan fingerprint density at radius 2 is 1.36 bits per heavy atom. The zero-order valence-corrected chi connectivity index (χ0v) is 14.7. The first kappa shape index (κ1) is 16.6. The molecule has 2 aromatic carbocycles. The van der Waals surface area contributed by atoms with Crippen molar-refractivity contribution in [3.8, 4) is 0 Å². The highest BCUT2D eigenvalue weighted by molar-refractivity contribution is 5.66. The van der Waals surface area contributed by atoms with Crippen LogP contribution in [0.5, 0.6) is 0 Å². The smallest absolute Gasteiger partial charge is 0.0416 e. The first-order valence-corrected chi connectivity index (χ1v) is 8.56. The Labute approximate surface area is 136 Å². The summed E-state index contributed by atoms with van der Waals surface area (Å²) in [5, 5.41) is 0. The molecule has 0 aromatic heterocycles. The fraction of sp³-hybridized carbons (Fsp3) is 0.429. The summed E-state index contributed by atoms with van der Waals surface area (Å²) in [4.78, 5) is 2.46. The molecule has 0 heterocycles. The van der Waals surface area contributed by atoms with Crippen molar-refractivity contribution in [2.75, 3.05) is 11.4 Å². The number of hydrogen-bond acceptors (Lipinski definition) is 1. The summed E-state index contributed by atoms with van der Waals surface area (Å²) in [7, 11) is 0. The molecule has 0 aliphatic rings. The highest BCUT2D eigenvalue weighted by atomic mass is 15.1. The standard InChI is InChI=1S/C21H29N/c1-6-11-22(20-10-9-16(4)17(5)12-20)21-14-18(7-2)13-19(8-3)15-21/h9-10,12-15H,6-8,11H2,1-5H3. The molecule has 0 amide bonds. The highest BCUT2D eigenvalue weighted by Gasteiger charge is 2.11. The third-order valence-electron chi connectivity index (χ3n) is 4.41. The van der Waals surface area contributed by atoms with Gasteiger partial charge < -0.3 is 4.90 Å². The average molecular weight is 295 g/mol. The minimum absolute atomic E-state index is 1.05. The van der Waals surface area contributed by atoms with Gasteiger partial charge in [0.05, 0.1) is 0 Å². The van der Waals surface area contributed by atoms with Crippen molar-refractivity contribution in [3.63, 3.8) is 0 Å². The van der Waals surface area contributed by atoms with E-state index in [9.17, 15) is 0 Å². The van der Waals surface area contributed by atoms with Gasteiger partial charge in [0.2, 0.25) is 0 Å². The second kappa shape index (κ2) is 7.49. The summed E-state index contributed by atoms with van der Waals surface area (Å²) in [6.45, 7) is 12.1. The zero-order chi connectivity index (χ0) is 16.1. The van der Waals surface area contributed by atoms with Crippen LogP contribution in [-0.2, 0) is 12.8 Å². The maximum Gasteiger partial charge on any atom is 0.0416 e. The van der Waals surface area contributed by atoms with Gasteiger partial charge in [-0.1, -0.05) is 32.9 Å². The van der Waals surface area contributed by atoms with Gasteiger partial charge in [-0.15, -0.1) is 0 Å². The quantitative estimate of drug-likeness (QED) is 0.634. The molecule has 0 aliphatic heterocycles. The molecule has 0 aliphatic carbocycles. The lowest BCUT2D eigenvalue weighted by molar-refractivity contribution is 0.881. The van der Waals surface area contributed by atoms with E-state index in [0.29, 0.717) is 0 Å². The molecule has 0 bridgehead atoms. The second-order valence-corrected chi connectivity index (χ2v) is 6.14. The first-order valence-electron chi connectivity index (χ1n) is 8.56. The molecule has 0 fully saturated rings. The molecule has 2 rings (SSSR count). The average Bonchev–Trinajstić information content (AvgIpc) is 2.54. The Kier molecular flexibility index (Phi) is 5.65. The van der Waals surface area contributed by atoms with Gasteiger partial charge in [-0.25, -0.2) is 0 Å². The predicted octanol–water partition coefficient (Wildman–Crippen LogP) is 5.98. The summed E-state index contributed by atoms with van der Waals surface area (Å²) < 4.78 is 0. The summed E-state index contributed by atoms with van der Waals surface area (Å²) in [5.41, 5.74) is 8.22. The van der Waals surface area contributed by atoms with Crippen LogP contribution in [0.2, 0.25) is 0 Å². The lowest BCUT2D eigenvalue weighted by atomic mass is 10.0. The lowest BCUT2D eigenvalue weighted by Gasteiger charge is -2.26. The molecule has 118 valence electrons. The van der Waals surface area contributed by atoms with Crippen molar-refractivity contribution in [2.45, 2.75) is 53.9 Å². The summed E-state index contributed by atoms with van der Waals surface area (Å²) in [6.07, 6.45) is 3.33. The molecular formula is C21H29N. The number of nitrogens with zero attached hydrogens (tertiary/aromatic N) is 1. The lowest BCUT2D eigenvalue weighted by Crippen LogP contribution is -2.18. The predicted molar refractivity (Wildman–Crippen MR) is 98.4 cm³/mol. The van der Waals surface area contributed by atoms with Crippen LogP contribution in [0.25, 0.3) is 0 Å². The summed E-state index contributed by atoms with van der Waals surface area (Å²) >= 11 is 0. The van der Waals surface area contributed by atoms with Gasteiger partial charge in [0.1, 0.15) is 0 Å². The second-order valence-electron chi connectivity index (χ2n) is 6.14. The van der Waals surface area contributed by atoms with Gasteiger partial charge in [-0.2, -0.15) is 0 Å². The van der Waals surface area contributed by atoms with Crippen LogP contribution in [0.4, 0.5) is 11.4 Å². The molecule has 0 atom stereocenters. The maximum atomic E-state index is 2.46. The van der Waals surface area contributed by atoms with E-state index in [2.05, 4.69) is 75.9 Å². The Morgan fingerprint density at radius 3 is 1.86 bits per heavy atom. The third kappa shape index (κ3) is 3.71. The normalized spacial score (nSPS) is 10.8. The Hall–Kier alpha value is -1.76. The maximum absolute atomic E-state index is 2.46. The molecule has 2 aromatic rings. The molecule has 0 saturated carbocycles. The van der Waals surface area contributed by atoms with Crippen LogP contribution in [0.1, 0.15) is 49.4 Å². The van der Waals surface area contributed by atoms with E-state index in [1.807, 2.05) is 0 Å². The van der Waals surface area contributed by atoms with E-state index in [0.717, 1.165) is 25.8 Å².